The summed E-state index contributed by atoms with van der Waals surface area (Å²) in [5.74, 6) is 0. The lowest BCUT2D eigenvalue weighted by Gasteiger charge is -2.35. The molecule has 0 unspecified atom stereocenters. The van der Waals surface area contributed by atoms with E-state index >= 15 is 0 Å². The van der Waals surface area contributed by atoms with Crippen molar-refractivity contribution in [3.63, 3.8) is 0 Å². The van der Waals surface area contributed by atoms with Gasteiger partial charge in [0, 0.05) is 25.4 Å². The third kappa shape index (κ3) is 2.72. The third-order valence-corrected chi connectivity index (χ3v) is 22.0. The van der Waals surface area contributed by atoms with Gasteiger partial charge in [0.05, 0.1) is 0 Å². The molecule has 59 valence electrons. The van der Waals surface area contributed by atoms with Gasteiger partial charge in [0.25, 0.3) is 0 Å². The van der Waals surface area contributed by atoms with Gasteiger partial charge in [-0.1, -0.05) is 44.8 Å². The molecule has 0 nitrogen and oxygen atoms in total. The second kappa shape index (κ2) is 3.36. The van der Waals surface area contributed by atoms with Gasteiger partial charge in [-0.3, -0.25) is 0 Å². The maximum atomic E-state index is 3.58. The molecular weight excluding hydrogens is 168 g/mol. The smallest absolute Gasteiger partial charge is 0.0407 e. The van der Waals surface area contributed by atoms with Crippen LogP contribution in [0, 0.1) is 0 Å². The summed E-state index contributed by atoms with van der Waals surface area (Å²) < 4.78 is 0. The van der Waals surface area contributed by atoms with Gasteiger partial charge in [-0.2, -0.15) is 0 Å². The fourth-order valence-electron chi connectivity index (χ4n) is 0.687. The van der Waals surface area contributed by atoms with E-state index in [2.05, 4.69) is 43.0 Å². The van der Waals surface area contributed by atoms with Crippen LogP contribution in [0.15, 0.2) is 0 Å². The number of hydrogen-bond acceptors (Lipinski definition) is 0. The first-order valence-corrected chi connectivity index (χ1v) is 12.4. The van der Waals surface area contributed by atoms with E-state index < -0.39 is 15.2 Å². The Morgan fingerprint density at radius 3 is 1.50 bits per heavy atom. The first-order chi connectivity index (χ1) is 4.31. The lowest BCUT2D eigenvalue weighted by atomic mass is 10.9. The minimum atomic E-state index is -0.815. The molecule has 0 aliphatic heterocycles. The summed E-state index contributed by atoms with van der Waals surface area (Å²) in [7, 11) is 1.97. The molecule has 0 aromatic heterocycles. The Kier molecular flexibility index (Phi) is 3.58. The number of rotatable bonds is 3. The Bertz CT molecular complexity index is 102. The predicted molar refractivity (Wildman–Crippen MR) is 56.2 cm³/mol. The Morgan fingerprint density at radius 1 is 1.00 bits per heavy atom. The van der Waals surface area contributed by atoms with E-state index in [0.29, 0.717) is 0 Å². The molecule has 0 aromatic carbocycles. The van der Waals surface area contributed by atoms with E-state index in [9.17, 15) is 0 Å². The van der Waals surface area contributed by atoms with Gasteiger partial charge >= 0.3 is 0 Å². The fraction of sp³-hybridized carbons (Fsp3) is 1.00. The highest BCUT2D eigenvalue weighted by Gasteiger charge is 2.35. The van der Waals surface area contributed by atoms with Crippen molar-refractivity contribution in [2.45, 2.75) is 44.8 Å². The lowest BCUT2D eigenvalue weighted by Crippen LogP contribution is -2.51. The third-order valence-electron chi connectivity index (χ3n) is 2.78. The summed E-state index contributed by atoms with van der Waals surface area (Å²) in [5, 5.41) is 0. The second-order valence-corrected chi connectivity index (χ2v) is 22.5. The molecule has 0 amide bonds. The highest BCUT2D eigenvalue weighted by atomic mass is 29.3. The second-order valence-electron chi connectivity index (χ2n) is 4.63. The maximum Gasteiger partial charge on any atom is 0.0407 e. The van der Waals surface area contributed by atoms with Crippen LogP contribution < -0.4 is 0 Å². The van der Waals surface area contributed by atoms with Gasteiger partial charge in [-0.05, 0) is 0 Å². The molecule has 0 heterocycles. The molecule has 10 heavy (non-hydrogen) atoms. The quantitative estimate of drug-likeness (QED) is 0.596. The molecule has 0 aliphatic carbocycles. The minimum absolute atomic E-state index is 0.798. The zero-order valence-corrected chi connectivity index (χ0v) is 10.9. The Balaban J connectivity index is 4.10. The van der Waals surface area contributed by atoms with Crippen molar-refractivity contribution in [3.8, 4) is 0 Å². The fourth-order valence-corrected chi connectivity index (χ4v) is 7.31. The molecule has 0 spiro atoms. The van der Waals surface area contributed by atoms with E-state index in [0.717, 1.165) is 0 Å². The highest BCUT2D eigenvalue weighted by Crippen LogP contribution is 2.23. The molecule has 0 saturated heterocycles. The minimum Gasteiger partial charge on any atom is -0.0715 e. The van der Waals surface area contributed by atoms with Crippen molar-refractivity contribution in [1.82, 2.24) is 0 Å². The van der Waals surface area contributed by atoms with Crippen LogP contribution in [0.25, 0.3) is 0 Å². The Hall–Kier alpha value is 0.651. The summed E-state index contributed by atoms with van der Waals surface area (Å²) in [4.78, 5) is 0. The van der Waals surface area contributed by atoms with Crippen LogP contribution in [0.3, 0.4) is 0 Å². The van der Waals surface area contributed by atoms with Crippen molar-refractivity contribution < 1.29 is 0 Å². The molecule has 0 fully saturated rings. The topological polar surface area (TPSA) is 0 Å². The Labute approximate surface area is 70.7 Å². The van der Waals surface area contributed by atoms with E-state index in [1.807, 2.05) is 0 Å². The van der Waals surface area contributed by atoms with Crippen molar-refractivity contribution in [2.75, 3.05) is 0 Å². The molecule has 3 heteroatoms. The van der Waals surface area contributed by atoms with Gasteiger partial charge in [0.15, 0.2) is 0 Å². The van der Waals surface area contributed by atoms with E-state index in [1.54, 1.807) is 0 Å². The average molecular weight is 187 g/mol. The van der Waals surface area contributed by atoms with Gasteiger partial charge in [-0.15, -0.1) is 0 Å². The van der Waals surface area contributed by atoms with Crippen LogP contribution in [0.2, 0.25) is 44.8 Å². The van der Waals surface area contributed by atoms with Gasteiger partial charge in [0.1, 0.15) is 0 Å². The first-order valence-electron chi connectivity index (χ1n) is 3.96. The van der Waals surface area contributed by atoms with Crippen molar-refractivity contribution in [2.24, 2.45) is 0 Å². The zero-order chi connectivity index (χ0) is 8.41. The molecule has 0 atom stereocenters. The van der Waals surface area contributed by atoms with Crippen molar-refractivity contribution in [3.05, 3.63) is 0 Å². The largest absolute Gasteiger partial charge is 0.0715 e. The molecule has 0 bridgehead atoms. The SMILES string of the molecule is C[Si](C)(C)[Si](C)(C)CC[Si]. The normalized spacial score (nSPS) is 13.8. The molecule has 3 radical (unpaired) electrons. The van der Waals surface area contributed by atoms with Crippen LogP contribution >= 0.6 is 0 Å². The van der Waals surface area contributed by atoms with Gasteiger partial charge in [-0.25, -0.2) is 0 Å². The molecule has 0 aliphatic rings. The summed E-state index contributed by atoms with van der Waals surface area (Å²) >= 11 is 0. The predicted octanol–water partition coefficient (Wildman–Crippen LogP) is 2.70. The standard InChI is InChI=1S/C7H19Si3/c1-9(2,3)10(4,5)7-6-8/h6-7H2,1-5H3. The van der Waals surface area contributed by atoms with E-state index in [4.69, 9.17) is 0 Å². The van der Waals surface area contributed by atoms with Crippen molar-refractivity contribution in [1.29, 1.82) is 0 Å². The summed E-state index contributed by atoms with van der Waals surface area (Å²) in [6, 6.07) is 2.64. The monoisotopic (exact) mass is 187 g/mol. The zero-order valence-electron chi connectivity index (χ0n) is 7.91. The highest BCUT2D eigenvalue weighted by molar-refractivity contribution is 7.40. The first kappa shape index (κ1) is 10.7. The molecule has 0 saturated carbocycles. The summed E-state index contributed by atoms with van der Waals surface area (Å²) in [6.45, 7) is 12.6. The average Bonchev–Trinajstić information content (AvgIpc) is 1.61. The molecule has 0 N–H and O–H groups in total. The lowest BCUT2D eigenvalue weighted by molar-refractivity contribution is 1.37. The van der Waals surface area contributed by atoms with Crippen LogP contribution in [0.1, 0.15) is 0 Å². The summed E-state index contributed by atoms with van der Waals surface area (Å²) in [6.07, 6.45) is 0. The van der Waals surface area contributed by atoms with Gasteiger partial charge in [0.2, 0.25) is 0 Å². The van der Waals surface area contributed by atoms with E-state index in [-0.39, 0.29) is 0 Å². The molecule has 0 aromatic rings. The Morgan fingerprint density at radius 2 is 1.40 bits per heavy atom. The van der Waals surface area contributed by atoms with Crippen LogP contribution in [0.5, 0.6) is 0 Å². The van der Waals surface area contributed by atoms with Crippen LogP contribution in [-0.2, 0) is 0 Å². The van der Waals surface area contributed by atoms with Crippen LogP contribution in [0.4, 0.5) is 0 Å². The van der Waals surface area contributed by atoms with E-state index in [1.165, 1.54) is 12.1 Å². The maximum absolute atomic E-state index is 3.58. The van der Waals surface area contributed by atoms with Crippen molar-refractivity contribution >= 4 is 25.4 Å². The molecular formula is C7H19Si3. The van der Waals surface area contributed by atoms with Crippen LogP contribution in [-0.4, -0.2) is 25.4 Å². The van der Waals surface area contributed by atoms with Gasteiger partial charge < -0.3 is 0 Å². The number of hydrogen-bond donors (Lipinski definition) is 0. The summed E-state index contributed by atoms with van der Waals surface area (Å²) in [5.41, 5.74) is 0. The molecule has 0 rings (SSSR count).